The molecule has 1 aromatic rings. The molecule has 0 spiro atoms. The zero-order chi connectivity index (χ0) is 18.3. The van der Waals surface area contributed by atoms with Crippen molar-refractivity contribution in [2.75, 3.05) is 25.7 Å². The number of methoxy groups -OCH3 is 2. The molecule has 0 aliphatic heterocycles. The van der Waals surface area contributed by atoms with Crippen LogP contribution in [-0.2, 0) is 9.47 Å². The van der Waals surface area contributed by atoms with Gasteiger partial charge in [-0.1, -0.05) is 0 Å². The van der Waals surface area contributed by atoms with Gasteiger partial charge in [-0.15, -0.1) is 23.5 Å². The standard InChI is InChI=1S/C16H22O6S2/c1-9(17)7-23-13-5-12(16(20)22-4)14(24-8-10(2)18)6-11(13)15(19)21-3/h5-6,9-10,17-18H,7-8H2,1-4H3. The number of benzene rings is 1. The number of rotatable bonds is 8. The van der Waals surface area contributed by atoms with E-state index in [9.17, 15) is 19.8 Å². The summed E-state index contributed by atoms with van der Waals surface area (Å²) in [4.78, 5) is 25.2. The number of aliphatic hydroxyl groups excluding tert-OH is 2. The van der Waals surface area contributed by atoms with Crippen molar-refractivity contribution >= 4 is 35.5 Å². The highest BCUT2D eigenvalue weighted by atomic mass is 32.2. The van der Waals surface area contributed by atoms with Crippen LogP contribution in [0.5, 0.6) is 0 Å². The third-order valence-electron chi connectivity index (χ3n) is 2.85. The van der Waals surface area contributed by atoms with Crippen LogP contribution in [-0.4, -0.2) is 60.1 Å². The second-order valence-corrected chi connectivity index (χ2v) is 7.27. The highest BCUT2D eigenvalue weighted by Gasteiger charge is 2.21. The van der Waals surface area contributed by atoms with E-state index in [1.165, 1.54) is 37.7 Å². The monoisotopic (exact) mass is 374 g/mol. The Morgan fingerprint density at radius 3 is 1.50 bits per heavy atom. The third-order valence-corrected chi connectivity index (χ3v) is 5.45. The summed E-state index contributed by atoms with van der Waals surface area (Å²) in [7, 11) is 2.56. The summed E-state index contributed by atoms with van der Waals surface area (Å²) in [5, 5.41) is 18.9. The van der Waals surface area contributed by atoms with E-state index < -0.39 is 24.1 Å². The van der Waals surface area contributed by atoms with Gasteiger partial charge >= 0.3 is 11.9 Å². The van der Waals surface area contributed by atoms with Gasteiger partial charge in [0.2, 0.25) is 0 Å². The number of ether oxygens (including phenoxy) is 2. The van der Waals surface area contributed by atoms with Gasteiger partial charge in [0.15, 0.2) is 0 Å². The molecule has 1 rings (SSSR count). The van der Waals surface area contributed by atoms with E-state index in [0.717, 1.165) is 0 Å². The molecular weight excluding hydrogens is 352 g/mol. The van der Waals surface area contributed by atoms with E-state index in [0.29, 0.717) is 32.4 Å². The lowest BCUT2D eigenvalue weighted by Crippen LogP contribution is -2.11. The molecule has 24 heavy (non-hydrogen) atoms. The Balaban J connectivity index is 3.35. The first-order chi connectivity index (χ1) is 11.3. The van der Waals surface area contributed by atoms with Crippen molar-refractivity contribution in [2.45, 2.75) is 35.8 Å². The van der Waals surface area contributed by atoms with E-state index >= 15 is 0 Å². The minimum absolute atomic E-state index is 0.309. The molecule has 0 aliphatic rings. The normalized spacial score (nSPS) is 13.2. The molecule has 0 amide bonds. The maximum atomic E-state index is 12.0. The zero-order valence-electron chi connectivity index (χ0n) is 14.1. The summed E-state index contributed by atoms with van der Waals surface area (Å²) in [6.45, 7) is 3.28. The van der Waals surface area contributed by atoms with Gasteiger partial charge in [0.1, 0.15) is 0 Å². The number of hydrogen-bond donors (Lipinski definition) is 2. The van der Waals surface area contributed by atoms with E-state index in [4.69, 9.17) is 9.47 Å². The number of hydrogen-bond acceptors (Lipinski definition) is 8. The lowest BCUT2D eigenvalue weighted by Gasteiger charge is -2.15. The highest BCUT2D eigenvalue weighted by molar-refractivity contribution is 7.99. The molecule has 2 N–H and O–H groups in total. The van der Waals surface area contributed by atoms with Crippen LogP contribution >= 0.6 is 23.5 Å². The smallest absolute Gasteiger partial charge is 0.339 e. The molecule has 0 fully saturated rings. The van der Waals surface area contributed by atoms with Gasteiger partial charge in [0.05, 0.1) is 37.6 Å². The van der Waals surface area contributed by atoms with E-state index in [-0.39, 0.29) is 0 Å². The molecule has 0 aromatic heterocycles. The minimum atomic E-state index is -0.564. The molecule has 2 atom stereocenters. The van der Waals surface area contributed by atoms with Gasteiger partial charge in [-0.2, -0.15) is 0 Å². The lowest BCUT2D eigenvalue weighted by atomic mass is 10.1. The molecule has 0 heterocycles. The SMILES string of the molecule is COC(=O)c1cc(SCC(C)O)c(C(=O)OC)cc1SCC(C)O. The second-order valence-electron chi connectivity index (χ2n) is 5.15. The highest BCUT2D eigenvalue weighted by Crippen LogP contribution is 2.33. The van der Waals surface area contributed by atoms with Crippen molar-refractivity contribution < 1.29 is 29.3 Å². The van der Waals surface area contributed by atoms with Gasteiger partial charge in [-0.25, -0.2) is 9.59 Å². The lowest BCUT2D eigenvalue weighted by molar-refractivity contribution is 0.0580. The van der Waals surface area contributed by atoms with Crippen molar-refractivity contribution in [3.05, 3.63) is 23.3 Å². The molecule has 2 unspecified atom stereocenters. The van der Waals surface area contributed by atoms with Gasteiger partial charge < -0.3 is 19.7 Å². The minimum Gasteiger partial charge on any atom is -0.465 e. The van der Waals surface area contributed by atoms with Crippen LogP contribution in [0.15, 0.2) is 21.9 Å². The molecule has 6 nitrogen and oxygen atoms in total. The van der Waals surface area contributed by atoms with Crippen molar-refractivity contribution in [3.8, 4) is 0 Å². The average molecular weight is 374 g/mol. The topological polar surface area (TPSA) is 93.1 Å². The zero-order valence-corrected chi connectivity index (χ0v) is 15.7. The van der Waals surface area contributed by atoms with Crippen LogP contribution in [0.2, 0.25) is 0 Å². The number of carbonyl (C=O) groups is 2. The molecule has 0 saturated heterocycles. The van der Waals surface area contributed by atoms with Gasteiger partial charge in [0.25, 0.3) is 0 Å². The maximum absolute atomic E-state index is 12.0. The summed E-state index contributed by atoms with van der Waals surface area (Å²) in [5.41, 5.74) is 0.618. The van der Waals surface area contributed by atoms with E-state index in [2.05, 4.69) is 0 Å². The van der Waals surface area contributed by atoms with Gasteiger partial charge in [-0.05, 0) is 26.0 Å². The van der Waals surface area contributed by atoms with Crippen LogP contribution in [0.25, 0.3) is 0 Å². The van der Waals surface area contributed by atoms with Crippen LogP contribution in [0.4, 0.5) is 0 Å². The van der Waals surface area contributed by atoms with E-state index in [1.54, 1.807) is 26.0 Å². The predicted molar refractivity (Wildman–Crippen MR) is 93.9 cm³/mol. The quantitative estimate of drug-likeness (QED) is 0.528. The first-order valence-electron chi connectivity index (χ1n) is 7.26. The Morgan fingerprint density at radius 2 is 1.25 bits per heavy atom. The molecule has 0 saturated carbocycles. The fourth-order valence-corrected chi connectivity index (χ4v) is 3.60. The van der Waals surface area contributed by atoms with Crippen molar-refractivity contribution in [2.24, 2.45) is 0 Å². The molecule has 134 valence electrons. The Bertz CT molecular complexity index is 534. The van der Waals surface area contributed by atoms with Crippen LogP contribution < -0.4 is 0 Å². The maximum Gasteiger partial charge on any atom is 0.339 e. The summed E-state index contributed by atoms with van der Waals surface area (Å²) in [6, 6.07) is 3.13. The fourth-order valence-electron chi connectivity index (χ4n) is 1.76. The Labute approximate surface area is 149 Å². The number of thioether (sulfide) groups is 2. The van der Waals surface area contributed by atoms with Crippen molar-refractivity contribution in [1.29, 1.82) is 0 Å². The van der Waals surface area contributed by atoms with Crippen LogP contribution in [0, 0.1) is 0 Å². The third kappa shape index (κ3) is 6.01. The van der Waals surface area contributed by atoms with Gasteiger partial charge in [-0.3, -0.25) is 0 Å². The summed E-state index contributed by atoms with van der Waals surface area (Å²) in [5.74, 6) is -0.327. The Morgan fingerprint density at radius 1 is 0.917 bits per heavy atom. The summed E-state index contributed by atoms with van der Waals surface area (Å²) < 4.78 is 9.60. The summed E-state index contributed by atoms with van der Waals surface area (Å²) >= 11 is 2.51. The van der Waals surface area contributed by atoms with Gasteiger partial charge in [0, 0.05) is 21.3 Å². The average Bonchev–Trinajstić information content (AvgIpc) is 2.56. The largest absolute Gasteiger partial charge is 0.465 e. The molecule has 0 aliphatic carbocycles. The number of aliphatic hydroxyl groups is 2. The first kappa shape index (κ1) is 20.8. The second kappa shape index (κ2) is 9.93. The Hall–Kier alpha value is -1.22. The van der Waals surface area contributed by atoms with Crippen molar-refractivity contribution in [3.63, 3.8) is 0 Å². The molecule has 0 radical (unpaired) electrons. The van der Waals surface area contributed by atoms with Crippen LogP contribution in [0.1, 0.15) is 34.6 Å². The molecule has 0 bridgehead atoms. The fraction of sp³-hybridized carbons (Fsp3) is 0.500. The van der Waals surface area contributed by atoms with E-state index in [1.807, 2.05) is 0 Å². The molecule has 8 heteroatoms. The molecular formula is C16H22O6S2. The van der Waals surface area contributed by atoms with Crippen LogP contribution in [0.3, 0.4) is 0 Å². The Kier molecular flexibility index (Phi) is 8.61. The number of esters is 2. The number of carbonyl (C=O) groups excluding carboxylic acids is 2. The first-order valence-corrected chi connectivity index (χ1v) is 9.23. The molecule has 1 aromatic carbocycles. The predicted octanol–water partition coefficient (Wildman–Crippen LogP) is 2.21. The van der Waals surface area contributed by atoms with Crippen molar-refractivity contribution in [1.82, 2.24) is 0 Å². The summed E-state index contributed by atoms with van der Waals surface area (Å²) in [6.07, 6.45) is -1.13.